The maximum Gasteiger partial charge on any atom is 0.411 e. The van der Waals surface area contributed by atoms with Gasteiger partial charge in [-0.1, -0.05) is 34.1 Å². The molecular formula is C20H17BrF3N3O3. The van der Waals surface area contributed by atoms with Crippen LogP contribution in [0, 0.1) is 0 Å². The number of carbonyl (C=O) groups excluding carboxylic acids is 1. The minimum Gasteiger partial charge on any atom is -0.489 e. The van der Waals surface area contributed by atoms with Crippen molar-refractivity contribution in [3.05, 3.63) is 76.5 Å². The number of carbonyl (C=O) groups is 1. The highest BCUT2D eigenvalue weighted by Gasteiger charge is 2.27. The number of halogens is 4. The highest BCUT2D eigenvalue weighted by atomic mass is 79.9. The Morgan fingerprint density at radius 1 is 1.17 bits per heavy atom. The summed E-state index contributed by atoms with van der Waals surface area (Å²) in [7, 11) is 0. The Morgan fingerprint density at radius 2 is 1.97 bits per heavy atom. The van der Waals surface area contributed by atoms with Gasteiger partial charge >= 0.3 is 6.18 Å². The zero-order chi connectivity index (χ0) is 21.6. The van der Waals surface area contributed by atoms with E-state index < -0.39 is 12.8 Å². The predicted octanol–water partition coefficient (Wildman–Crippen LogP) is 5.01. The zero-order valence-electron chi connectivity index (χ0n) is 15.5. The largest absolute Gasteiger partial charge is 0.489 e. The maximum absolute atomic E-state index is 12.5. The monoisotopic (exact) mass is 483 g/mol. The summed E-state index contributed by atoms with van der Waals surface area (Å²) < 4.78 is 48.6. The van der Waals surface area contributed by atoms with Crippen molar-refractivity contribution in [3.63, 3.8) is 0 Å². The molecule has 30 heavy (non-hydrogen) atoms. The Balaban J connectivity index is 1.55. The van der Waals surface area contributed by atoms with Gasteiger partial charge in [0.15, 0.2) is 0 Å². The fraction of sp³-hybridized carbons (Fsp3) is 0.200. The van der Waals surface area contributed by atoms with Gasteiger partial charge in [-0.25, -0.2) is 4.68 Å². The van der Waals surface area contributed by atoms with Crippen LogP contribution in [0.2, 0.25) is 0 Å². The first kappa shape index (κ1) is 21.8. The van der Waals surface area contributed by atoms with Gasteiger partial charge in [0.25, 0.3) is 5.91 Å². The Bertz CT molecular complexity index is 1010. The number of rotatable bonds is 8. The lowest BCUT2D eigenvalue weighted by Gasteiger charge is -2.08. The predicted molar refractivity (Wildman–Crippen MR) is 107 cm³/mol. The van der Waals surface area contributed by atoms with Crippen molar-refractivity contribution < 1.29 is 27.4 Å². The first-order valence-electron chi connectivity index (χ1n) is 8.74. The van der Waals surface area contributed by atoms with Crippen LogP contribution >= 0.6 is 15.9 Å². The molecule has 0 aliphatic rings. The fourth-order valence-electron chi connectivity index (χ4n) is 2.48. The number of aromatic nitrogens is 2. The molecule has 1 N–H and O–H groups in total. The summed E-state index contributed by atoms with van der Waals surface area (Å²) in [5, 5.41) is 6.50. The van der Waals surface area contributed by atoms with Crippen molar-refractivity contribution in [2.75, 3.05) is 11.9 Å². The van der Waals surface area contributed by atoms with Crippen LogP contribution in [0.3, 0.4) is 0 Å². The number of hydrogen-bond acceptors (Lipinski definition) is 4. The average molecular weight is 484 g/mol. The van der Waals surface area contributed by atoms with Crippen LogP contribution in [0.1, 0.15) is 15.9 Å². The van der Waals surface area contributed by atoms with Crippen LogP contribution in [-0.2, 0) is 18.1 Å². The third kappa shape index (κ3) is 6.89. The van der Waals surface area contributed by atoms with Crippen molar-refractivity contribution in [1.82, 2.24) is 9.78 Å². The van der Waals surface area contributed by atoms with E-state index in [4.69, 9.17) is 4.74 Å². The molecule has 1 heterocycles. The van der Waals surface area contributed by atoms with Crippen molar-refractivity contribution in [2.45, 2.75) is 19.5 Å². The third-order valence-corrected chi connectivity index (χ3v) is 4.26. The van der Waals surface area contributed by atoms with E-state index in [1.165, 1.54) is 12.4 Å². The first-order valence-corrected chi connectivity index (χ1v) is 9.53. The number of benzene rings is 2. The molecule has 0 radical (unpaired) electrons. The molecule has 3 aromatic rings. The molecular weight excluding hydrogens is 467 g/mol. The van der Waals surface area contributed by atoms with Gasteiger partial charge in [0, 0.05) is 10.0 Å². The molecule has 158 valence electrons. The Kier molecular flexibility index (Phi) is 7.11. The molecule has 0 saturated heterocycles. The number of alkyl halides is 3. The molecule has 1 aromatic heterocycles. The van der Waals surface area contributed by atoms with Crippen LogP contribution < -0.4 is 10.1 Å². The Hall–Kier alpha value is -2.85. The lowest BCUT2D eigenvalue weighted by atomic mass is 10.1. The molecule has 6 nitrogen and oxygen atoms in total. The van der Waals surface area contributed by atoms with Gasteiger partial charge in [0.2, 0.25) is 0 Å². The van der Waals surface area contributed by atoms with Crippen molar-refractivity contribution >= 4 is 27.5 Å². The zero-order valence-corrected chi connectivity index (χ0v) is 17.1. The smallest absolute Gasteiger partial charge is 0.411 e. The molecule has 0 aliphatic heterocycles. The SMILES string of the molecule is O=C(Nc1cnn(COCC(F)(F)F)c1)c1cccc(COc2cccc(Br)c2)c1. The van der Waals surface area contributed by atoms with Crippen molar-refractivity contribution in [2.24, 2.45) is 0 Å². The first-order chi connectivity index (χ1) is 14.3. The van der Waals surface area contributed by atoms with Crippen molar-refractivity contribution in [3.8, 4) is 5.75 Å². The molecule has 3 rings (SSSR count). The van der Waals surface area contributed by atoms with Crippen molar-refractivity contribution in [1.29, 1.82) is 0 Å². The normalized spacial score (nSPS) is 11.3. The molecule has 1 amide bonds. The van der Waals surface area contributed by atoms with Gasteiger partial charge in [-0.3, -0.25) is 4.79 Å². The van der Waals surface area contributed by atoms with Gasteiger partial charge < -0.3 is 14.8 Å². The van der Waals surface area contributed by atoms with E-state index in [0.717, 1.165) is 14.7 Å². The summed E-state index contributed by atoms with van der Waals surface area (Å²) in [6, 6.07) is 14.3. The number of ether oxygens (including phenoxy) is 2. The number of hydrogen-bond donors (Lipinski definition) is 1. The molecule has 10 heteroatoms. The average Bonchev–Trinajstić information content (AvgIpc) is 3.13. The molecule has 0 bridgehead atoms. The molecule has 2 aromatic carbocycles. The van der Waals surface area contributed by atoms with Gasteiger partial charge in [0.1, 0.15) is 25.7 Å². The van der Waals surface area contributed by atoms with Gasteiger partial charge in [-0.05, 0) is 35.9 Å². The minimum atomic E-state index is -4.41. The second kappa shape index (κ2) is 9.77. The van der Waals surface area contributed by atoms with E-state index >= 15 is 0 Å². The number of anilines is 1. The minimum absolute atomic E-state index is 0.284. The summed E-state index contributed by atoms with van der Waals surface area (Å²) in [6.07, 6.45) is -1.69. The molecule has 0 atom stereocenters. The molecule has 0 aliphatic carbocycles. The van der Waals surface area contributed by atoms with E-state index in [0.29, 0.717) is 17.0 Å². The summed E-state index contributed by atoms with van der Waals surface area (Å²) in [4.78, 5) is 12.5. The maximum atomic E-state index is 12.5. The van der Waals surface area contributed by atoms with Crippen LogP contribution in [0.15, 0.2) is 65.4 Å². The highest BCUT2D eigenvalue weighted by molar-refractivity contribution is 9.10. The van der Waals surface area contributed by atoms with Crippen LogP contribution in [0.25, 0.3) is 0 Å². The number of nitrogens with one attached hydrogen (secondary N) is 1. The fourth-order valence-corrected chi connectivity index (χ4v) is 2.86. The molecule has 0 fully saturated rings. The van der Waals surface area contributed by atoms with E-state index in [9.17, 15) is 18.0 Å². The second-order valence-electron chi connectivity index (χ2n) is 6.26. The van der Waals surface area contributed by atoms with E-state index in [1.807, 2.05) is 30.3 Å². The summed E-state index contributed by atoms with van der Waals surface area (Å²) in [6.45, 7) is -1.47. The number of nitrogens with zero attached hydrogens (tertiary/aromatic N) is 2. The molecule has 0 saturated carbocycles. The second-order valence-corrected chi connectivity index (χ2v) is 7.18. The van der Waals surface area contributed by atoms with Crippen LogP contribution in [-0.4, -0.2) is 28.5 Å². The standard InChI is InChI=1S/C20H17BrF3N3O3/c21-16-5-2-6-18(8-16)30-11-14-3-1-4-15(7-14)19(28)26-17-9-25-27(10-17)13-29-12-20(22,23)24/h1-10H,11-13H2,(H,26,28). The molecule has 0 spiro atoms. The van der Waals surface area contributed by atoms with Crippen LogP contribution in [0.4, 0.5) is 18.9 Å². The quantitative estimate of drug-likeness (QED) is 0.488. The van der Waals surface area contributed by atoms with Gasteiger partial charge in [0.05, 0.1) is 18.1 Å². The topological polar surface area (TPSA) is 65.4 Å². The van der Waals surface area contributed by atoms with Gasteiger partial charge in [-0.15, -0.1) is 0 Å². The van der Waals surface area contributed by atoms with Crippen LogP contribution in [0.5, 0.6) is 5.75 Å². The summed E-state index contributed by atoms with van der Waals surface area (Å²) in [5.41, 5.74) is 1.55. The molecule has 0 unspecified atom stereocenters. The van der Waals surface area contributed by atoms with E-state index in [2.05, 4.69) is 31.1 Å². The van der Waals surface area contributed by atoms with E-state index in [1.54, 1.807) is 18.2 Å². The Morgan fingerprint density at radius 3 is 2.73 bits per heavy atom. The summed E-state index contributed by atoms with van der Waals surface area (Å²) in [5.74, 6) is 0.314. The van der Waals surface area contributed by atoms with E-state index in [-0.39, 0.29) is 19.2 Å². The van der Waals surface area contributed by atoms with Gasteiger partial charge in [-0.2, -0.15) is 18.3 Å². The lowest BCUT2D eigenvalue weighted by Crippen LogP contribution is -2.18. The summed E-state index contributed by atoms with van der Waals surface area (Å²) >= 11 is 3.38. The Labute approximate surface area is 178 Å². The lowest BCUT2D eigenvalue weighted by molar-refractivity contribution is -0.182. The third-order valence-electron chi connectivity index (χ3n) is 3.77. The number of amides is 1. The highest BCUT2D eigenvalue weighted by Crippen LogP contribution is 2.19.